The van der Waals surface area contributed by atoms with Gasteiger partial charge in [0.1, 0.15) is 0 Å². The number of likely N-dealkylation sites (tertiary alicyclic amines) is 2. The van der Waals surface area contributed by atoms with Gasteiger partial charge >= 0.3 is 0 Å². The van der Waals surface area contributed by atoms with Crippen molar-refractivity contribution in [3.05, 3.63) is 27.7 Å². The molecule has 1 N–H and O–H groups in total. The lowest BCUT2D eigenvalue weighted by Gasteiger charge is -2.33. The average Bonchev–Trinajstić information content (AvgIpc) is 2.98. The molecule has 2 aliphatic heterocycles. The van der Waals surface area contributed by atoms with Crippen molar-refractivity contribution in [2.75, 3.05) is 38.0 Å². The van der Waals surface area contributed by atoms with Crippen molar-refractivity contribution in [2.45, 2.75) is 45.4 Å². The van der Waals surface area contributed by atoms with Gasteiger partial charge in [-0.05, 0) is 57.3 Å². The molecule has 1 aromatic carbocycles. The molecule has 2 aliphatic rings. The van der Waals surface area contributed by atoms with E-state index in [1.54, 1.807) is 6.07 Å². The summed E-state index contributed by atoms with van der Waals surface area (Å²) >= 11 is 12.4. The molecule has 0 saturated carbocycles. The molecule has 2 saturated heterocycles. The number of hydrogen-bond acceptors (Lipinski definition) is 3. The molecule has 5 nitrogen and oxygen atoms in total. The van der Waals surface area contributed by atoms with E-state index in [1.807, 2.05) is 13.0 Å². The minimum atomic E-state index is -0.133. The lowest BCUT2D eigenvalue weighted by molar-refractivity contribution is -0.137. The van der Waals surface area contributed by atoms with Gasteiger partial charge < -0.3 is 10.2 Å². The molecule has 2 fully saturated rings. The number of piperidine rings is 1. The zero-order valence-electron chi connectivity index (χ0n) is 16.5. The smallest absolute Gasteiger partial charge is 0.238 e. The molecule has 0 atom stereocenters. The quantitative estimate of drug-likeness (QED) is 0.779. The maximum absolute atomic E-state index is 12.8. The first kappa shape index (κ1) is 21.4. The number of aryl methyl sites for hydroxylation is 1. The van der Waals surface area contributed by atoms with Crippen LogP contribution in [0.2, 0.25) is 10.0 Å². The SMILES string of the molecule is Cc1ccc(Cl)c(NC(=O)CN2CCC(C(=O)N3CCCCCC3)CC2)c1Cl. The number of nitrogens with one attached hydrogen (secondary N) is 1. The van der Waals surface area contributed by atoms with Crippen LogP contribution >= 0.6 is 23.2 Å². The molecule has 1 aromatic rings. The normalized spacial score (nSPS) is 19.3. The fourth-order valence-corrected chi connectivity index (χ4v) is 4.51. The number of benzene rings is 1. The van der Waals surface area contributed by atoms with Crippen LogP contribution in [0.25, 0.3) is 0 Å². The number of hydrogen-bond donors (Lipinski definition) is 1. The highest BCUT2D eigenvalue weighted by atomic mass is 35.5. The molecule has 7 heteroatoms. The Bertz CT molecular complexity index is 710. The van der Waals surface area contributed by atoms with Gasteiger partial charge in [0.25, 0.3) is 0 Å². The van der Waals surface area contributed by atoms with Gasteiger partial charge in [0.2, 0.25) is 11.8 Å². The molecule has 0 aromatic heterocycles. The van der Waals surface area contributed by atoms with Crippen LogP contribution in [-0.4, -0.2) is 54.3 Å². The molecule has 0 bridgehead atoms. The monoisotopic (exact) mass is 425 g/mol. The summed E-state index contributed by atoms with van der Waals surface area (Å²) in [6.45, 7) is 5.48. The molecule has 0 unspecified atom stereocenters. The summed E-state index contributed by atoms with van der Waals surface area (Å²) in [6.07, 6.45) is 6.32. The van der Waals surface area contributed by atoms with Crippen LogP contribution in [0.15, 0.2) is 12.1 Å². The Kier molecular flexibility index (Phi) is 7.61. The van der Waals surface area contributed by atoms with Gasteiger partial charge in [0, 0.05) is 19.0 Å². The topological polar surface area (TPSA) is 52.7 Å². The molecule has 0 radical (unpaired) electrons. The van der Waals surface area contributed by atoms with E-state index in [1.165, 1.54) is 12.8 Å². The van der Waals surface area contributed by atoms with Crippen LogP contribution < -0.4 is 5.32 Å². The van der Waals surface area contributed by atoms with Crippen LogP contribution in [0, 0.1) is 12.8 Å². The predicted octanol–water partition coefficient (Wildman–Crippen LogP) is 4.35. The average molecular weight is 426 g/mol. The highest BCUT2D eigenvalue weighted by Crippen LogP contribution is 2.33. The third kappa shape index (κ3) is 5.40. The first-order valence-corrected chi connectivity index (χ1v) is 11.0. The largest absolute Gasteiger partial charge is 0.342 e. The van der Waals surface area contributed by atoms with Gasteiger partial charge in [-0.3, -0.25) is 14.5 Å². The summed E-state index contributed by atoms with van der Waals surface area (Å²) < 4.78 is 0. The summed E-state index contributed by atoms with van der Waals surface area (Å²) in [6, 6.07) is 3.56. The molecule has 0 spiro atoms. The number of carbonyl (C=O) groups excluding carboxylic acids is 2. The standard InChI is InChI=1S/C21H29Cl2N3O2/c1-15-6-7-17(22)20(19(15)23)24-18(27)14-25-12-8-16(9-13-25)21(28)26-10-4-2-3-5-11-26/h6-7,16H,2-5,8-14H2,1H3,(H,24,27). The number of amides is 2. The minimum Gasteiger partial charge on any atom is -0.342 e. The van der Waals surface area contributed by atoms with Gasteiger partial charge in [-0.25, -0.2) is 0 Å². The second-order valence-electron chi connectivity index (χ2n) is 7.89. The van der Waals surface area contributed by atoms with Crippen molar-refractivity contribution < 1.29 is 9.59 Å². The number of rotatable bonds is 4. The van der Waals surface area contributed by atoms with Gasteiger partial charge in [0.05, 0.1) is 22.3 Å². The number of anilines is 1. The van der Waals surface area contributed by atoms with E-state index >= 15 is 0 Å². The molecule has 28 heavy (non-hydrogen) atoms. The molecule has 0 aliphatic carbocycles. The Morgan fingerprint density at radius 1 is 1.04 bits per heavy atom. The highest BCUT2D eigenvalue weighted by Gasteiger charge is 2.29. The van der Waals surface area contributed by atoms with E-state index < -0.39 is 0 Å². The zero-order chi connectivity index (χ0) is 20.1. The number of nitrogens with zero attached hydrogens (tertiary/aromatic N) is 2. The highest BCUT2D eigenvalue weighted by molar-refractivity contribution is 6.40. The van der Waals surface area contributed by atoms with Gasteiger partial charge in [-0.2, -0.15) is 0 Å². The molecule has 2 heterocycles. The Morgan fingerprint density at radius 3 is 2.32 bits per heavy atom. The van der Waals surface area contributed by atoms with Gasteiger partial charge in [-0.1, -0.05) is 42.1 Å². The Morgan fingerprint density at radius 2 is 1.68 bits per heavy atom. The number of carbonyl (C=O) groups is 2. The lowest BCUT2D eigenvalue weighted by atomic mass is 9.95. The fourth-order valence-electron chi connectivity index (χ4n) is 4.04. The minimum absolute atomic E-state index is 0.0954. The second-order valence-corrected chi connectivity index (χ2v) is 8.68. The molecule has 3 rings (SSSR count). The molecule has 154 valence electrons. The fraction of sp³-hybridized carbons (Fsp3) is 0.619. The number of halogens is 2. The predicted molar refractivity (Wildman–Crippen MR) is 114 cm³/mol. The van der Waals surface area contributed by atoms with E-state index in [9.17, 15) is 9.59 Å². The summed E-state index contributed by atoms with van der Waals surface area (Å²) in [4.78, 5) is 29.4. The van der Waals surface area contributed by atoms with Crippen molar-refractivity contribution in [2.24, 2.45) is 5.92 Å². The van der Waals surface area contributed by atoms with Crippen LogP contribution in [0.3, 0.4) is 0 Å². The molecular weight excluding hydrogens is 397 g/mol. The van der Waals surface area contributed by atoms with Crippen molar-refractivity contribution in [1.29, 1.82) is 0 Å². The first-order chi connectivity index (χ1) is 13.5. The lowest BCUT2D eigenvalue weighted by Crippen LogP contribution is -2.44. The van der Waals surface area contributed by atoms with E-state index in [0.717, 1.165) is 57.4 Å². The summed E-state index contributed by atoms with van der Waals surface area (Å²) in [5.74, 6) is 0.272. The first-order valence-electron chi connectivity index (χ1n) is 10.2. The van der Waals surface area contributed by atoms with Crippen LogP contribution in [0.4, 0.5) is 5.69 Å². The van der Waals surface area contributed by atoms with E-state index in [0.29, 0.717) is 21.6 Å². The zero-order valence-corrected chi connectivity index (χ0v) is 18.0. The van der Waals surface area contributed by atoms with Crippen molar-refractivity contribution in [3.63, 3.8) is 0 Å². The van der Waals surface area contributed by atoms with Crippen molar-refractivity contribution in [3.8, 4) is 0 Å². The Hall–Kier alpha value is -1.30. The van der Waals surface area contributed by atoms with Crippen LogP contribution in [0.1, 0.15) is 44.1 Å². The maximum Gasteiger partial charge on any atom is 0.238 e. The third-order valence-corrected chi connectivity index (χ3v) is 6.57. The Labute approximate surface area is 177 Å². The van der Waals surface area contributed by atoms with E-state index in [4.69, 9.17) is 23.2 Å². The summed E-state index contributed by atoms with van der Waals surface area (Å²) in [5, 5.41) is 3.75. The van der Waals surface area contributed by atoms with Crippen molar-refractivity contribution >= 4 is 40.7 Å². The molecular formula is C21H29Cl2N3O2. The van der Waals surface area contributed by atoms with E-state index in [2.05, 4.69) is 15.1 Å². The van der Waals surface area contributed by atoms with Gasteiger partial charge in [-0.15, -0.1) is 0 Å². The second kappa shape index (κ2) is 9.95. The van der Waals surface area contributed by atoms with E-state index in [-0.39, 0.29) is 18.4 Å². The van der Waals surface area contributed by atoms with Crippen LogP contribution in [-0.2, 0) is 9.59 Å². The van der Waals surface area contributed by atoms with Gasteiger partial charge in [0.15, 0.2) is 0 Å². The summed E-state index contributed by atoms with van der Waals surface area (Å²) in [5.41, 5.74) is 1.34. The summed E-state index contributed by atoms with van der Waals surface area (Å²) in [7, 11) is 0. The maximum atomic E-state index is 12.8. The van der Waals surface area contributed by atoms with Crippen LogP contribution in [0.5, 0.6) is 0 Å². The third-order valence-electron chi connectivity index (χ3n) is 5.77. The molecule has 2 amide bonds. The van der Waals surface area contributed by atoms with Crippen molar-refractivity contribution in [1.82, 2.24) is 9.80 Å². The Balaban J connectivity index is 1.48.